The zero-order valence-corrected chi connectivity index (χ0v) is 12.2. The van der Waals surface area contributed by atoms with Crippen molar-refractivity contribution in [2.24, 2.45) is 11.8 Å². The molecule has 3 heteroatoms. The molecule has 21 heavy (non-hydrogen) atoms. The number of carboxylic acids is 1. The number of hydrogen-bond donors (Lipinski definition) is 1. The van der Waals surface area contributed by atoms with Crippen LogP contribution in [0.15, 0.2) is 36.4 Å². The molecule has 3 nitrogen and oxygen atoms in total. The van der Waals surface area contributed by atoms with Crippen molar-refractivity contribution in [3.63, 3.8) is 0 Å². The summed E-state index contributed by atoms with van der Waals surface area (Å²) in [4.78, 5) is 16.2. The molecular formula is C18H21NO2. The van der Waals surface area contributed by atoms with E-state index < -0.39 is 5.97 Å². The maximum Gasteiger partial charge on any atom is 0.306 e. The second-order valence-corrected chi connectivity index (χ2v) is 6.04. The molecule has 1 saturated carbocycles. The number of rotatable bonds is 3. The number of pyridine rings is 1. The van der Waals surface area contributed by atoms with Crippen LogP contribution in [0.2, 0.25) is 0 Å². The number of aliphatic carboxylic acids is 1. The summed E-state index contributed by atoms with van der Waals surface area (Å²) in [5.74, 6) is -0.623. The number of aromatic nitrogens is 1. The SMILES string of the molecule is O=C(O)C1CCCCCC1Cc1ccc2ccccc2n1. The molecule has 1 aliphatic rings. The third kappa shape index (κ3) is 3.23. The van der Waals surface area contributed by atoms with E-state index in [2.05, 4.69) is 12.1 Å². The highest BCUT2D eigenvalue weighted by Gasteiger charge is 2.29. The topological polar surface area (TPSA) is 50.2 Å². The van der Waals surface area contributed by atoms with E-state index in [0.29, 0.717) is 0 Å². The van der Waals surface area contributed by atoms with Crippen LogP contribution >= 0.6 is 0 Å². The molecule has 3 rings (SSSR count). The van der Waals surface area contributed by atoms with Crippen molar-refractivity contribution in [3.05, 3.63) is 42.1 Å². The lowest BCUT2D eigenvalue weighted by atomic mass is 9.84. The Hall–Kier alpha value is -1.90. The zero-order valence-electron chi connectivity index (χ0n) is 12.2. The number of fused-ring (bicyclic) bond motifs is 1. The van der Waals surface area contributed by atoms with Gasteiger partial charge in [-0.05, 0) is 37.3 Å². The fourth-order valence-corrected chi connectivity index (χ4v) is 3.44. The van der Waals surface area contributed by atoms with Crippen molar-refractivity contribution in [3.8, 4) is 0 Å². The molecule has 2 aromatic rings. The van der Waals surface area contributed by atoms with Crippen LogP contribution in [-0.2, 0) is 11.2 Å². The second-order valence-electron chi connectivity index (χ2n) is 6.04. The number of carboxylic acid groups (broad SMARTS) is 1. The van der Waals surface area contributed by atoms with Gasteiger partial charge in [0.15, 0.2) is 0 Å². The molecule has 1 aliphatic carbocycles. The van der Waals surface area contributed by atoms with E-state index in [1.165, 1.54) is 0 Å². The first-order valence-electron chi connectivity index (χ1n) is 7.81. The molecule has 1 heterocycles. The third-order valence-electron chi connectivity index (χ3n) is 4.60. The van der Waals surface area contributed by atoms with Crippen LogP contribution in [0, 0.1) is 11.8 Å². The fourth-order valence-electron chi connectivity index (χ4n) is 3.44. The molecule has 0 aliphatic heterocycles. The summed E-state index contributed by atoms with van der Waals surface area (Å²) in [5, 5.41) is 10.6. The van der Waals surface area contributed by atoms with Crippen molar-refractivity contribution >= 4 is 16.9 Å². The molecular weight excluding hydrogens is 262 g/mol. The van der Waals surface area contributed by atoms with Crippen LogP contribution in [0.5, 0.6) is 0 Å². The molecule has 2 atom stereocenters. The smallest absolute Gasteiger partial charge is 0.306 e. The fraction of sp³-hybridized carbons (Fsp3) is 0.444. The van der Waals surface area contributed by atoms with Gasteiger partial charge in [-0.25, -0.2) is 0 Å². The van der Waals surface area contributed by atoms with Gasteiger partial charge in [-0.15, -0.1) is 0 Å². The van der Waals surface area contributed by atoms with E-state index in [-0.39, 0.29) is 11.8 Å². The van der Waals surface area contributed by atoms with Crippen molar-refractivity contribution in [2.45, 2.75) is 38.5 Å². The van der Waals surface area contributed by atoms with Gasteiger partial charge in [-0.1, -0.05) is 43.5 Å². The van der Waals surface area contributed by atoms with Crippen LogP contribution in [0.1, 0.15) is 37.8 Å². The number of hydrogen-bond acceptors (Lipinski definition) is 2. The Kier molecular flexibility index (Phi) is 4.18. The first kappa shape index (κ1) is 14.1. The molecule has 1 aromatic heterocycles. The minimum absolute atomic E-state index is 0.208. The monoisotopic (exact) mass is 283 g/mol. The number of carbonyl (C=O) groups is 1. The Bertz CT molecular complexity index is 638. The van der Waals surface area contributed by atoms with Gasteiger partial charge in [-0.3, -0.25) is 9.78 Å². The standard InChI is InChI=1S/C18H21NO2/c20-18(21)16-8-3-1-2-7-14(16)12-15-11-10-13-6-4-5-9-17(13)19-15/h4-6,9-11,14,16H,1-3,7-8,12H2,(H,20,21). The molecule has 0 amide bonds. The molecule has 0 radical (unpaired) electrons. The maximum absolute atomic E-state index is 11.5. The molecule has 2 unspecified atom stereocenters. The van der Waals surface area contributed by atoms with E-state index in [0.717, 1.165) is 55.1 Å². The number of nitrogens with zero attached hydrogens (tertiary/aromatic N) is 1. The van der Waals surface area contributed by atoms with E-state index in [1.54, 1.807) is 0 Å². The molecule has 1 aromatic carbocycles. The van der Waals surface area contributed by atoms with Gasteiger partial charge in [0.1, 0.15) is 0 Å². The second kappa shape index (κ2) is 6.25. The Labute approximate surface area is 125 Å². The van der Waals surface area contributed by atoms with E-state index in [1.807, 2.05) is 24.3 Å². The molecule has 1 N–H and O–H groups in total. The summed E-state index contributed by atoms with van der Waals surface area (Å²) in [6.07, 6.45) is 5.94. The summed E-state index contributed by atoms with van der Waals surface area (Å²) in [6.45, 7) is 0. The molecule has 0 spiro atoms. The van der Waals surface area contributed by atoms with Crippen molar-refractivity contribution < 1.29 is 9.90 Å². The normalized spacial score (nSPS) is 22.9. The highest BCUT2D eigenvalue weighted by Crippen LogP contribution is 2.31. The van der Waals surface area contributed by atoms with Crippen LogP contribution in [0.25, 0.3) is 10.9 Å². The summed E-state index contributed by atoms with van der Waals surface area (Å²) in [6, 6.07) is 12.2. The predicted octanol–water partition coefficient (Wildman–Crippen LogP) is 4.06. The van der Waals surface area contributed by atoms with Crippen LogP contribution in [0.4, 0.5) is 0 Å². The van der Waals surface area contributed by atoms with Crippen molar-refractivity contribution in [2.75, 3.05) is 0 Å². The number of benzene rings is 1. The Balaban J connectivity index is 1.83. The van der Waals surface area contributed by atoms with Gasteiger partial charge in [-0.2, -0.15) is 0 Å². The summed E-state index contributed by atoms with van der Waals surface area (Å²) in [7, 11) is 0. The largest absolute Gasteiger partial charge is 0.481 e. The quantitative estimate of drug-likeness (QED) is 0.864. The Morgan fingerprint density at radius 2 is 1.90 bits per heavy atom. The first-order chi connectivity index (χ1) is 10.2. The van der Waals surface area contributed by atoms with E-state index in [9.17, 15) is 9.90 Å². The van der Waals surface area contributed by atoms with Crippen LogP contribution in [-0.4, -0.2) is 16.1 Å². The third-order valence-corrected chi connectivity index (χ3v) is 4.60. The number of para-hydroxylation sites is 1. The first-order valence-corrected chi connectivity index (χ1v) is 7.81. The van der Waals surface area contributed by atoms with E-state index in [4.69, 9.17) is 4.98 Å². The lowest BCUT2D eigenvalue weighted by Gasteiger charge is -2.21. The summed E-state index contributed by atoms with van der Waals surface area (Å²) >= 11 is 0. The lowest BCUT2D eigenvalue weighted by Crippen LogP contribution is -2.24. The zero-order chi connectivity index (χ0) is 14.7. The van der Waals surface area contributed by atoms with Gasteiger partial charge < -0.3 is 5.11 Å². The predicted molar refractivity (Wildman–Crippen MR) is 83.1 cm³/mol. The van der Waals surface area contributed by atoms with Crippen LogP contribution < -0.4 is 0 Å². The summed E-state index contributed by atoms with van der Waals surface area (Å²) < 4.78 is 0. The lowest BCUT2D eigenvalue weighted by molar-refractivity contribution is -0.143. The van der Waals surface area contributed by atoms with E-state index >= 15 is 0 Å². The Morgan fingerprint density at radius 3 is 2.76 bits per heavy atom. The van der Waals surface area contributed by atoms with Gasteiger partial charge in [0.25, 0.3) is 0 Å². The van der Waals surface area contributed by atoms with Gasteiger partial charge >= 0.3 is 5.97 Å². The van der Waals surface area contributed by atoms with Gasteiger partial charge in [0, 0.05) is 11.1 Å². The molecule has 1 fully saturated rings. The van der Waals surface area contributed by atoms with Crippen molar-refractivity contribution in [1.29, 1.82) is 0 Å². The summed E-state index contributed by atoms with van der Waals surface area (Å²) in [5.41, 5.74) is 2.02. The molecule has 0 saturated heterocycles. The van der Waals surface area contributed by atoms with Gasteiger partial charge in [0.2, 0.25) is 0 Å². The maximum atomic E-state index is 11.5. The minimum atomic E-state index is -0.636. The van der Waals surface area contributed by atoms with Crippen molar-refractivity contribution in [1.82, 2.24) is 4.98 Å². The highest BCUT2D eigenvalue weighted by molar-refractivity contribution is 5.78. The van der Waals surface area contributed by atoms with Crippen LogP contribution in [0.3, 0.4) is 0 Å². The molecule has 0 bridgehead atoms. The molecule has 110 valence electrons. The van der Waals surface area contributed by atoms with Gasteiger partial charge in [0.05, 0.1) is 11.4 Å². The average Bonchev–Trinajstić information content (AvgIpc) is 2.72. The highest BCUT2D eigenvalue weighted by atomic mass is 16.4. The Morgan fingerprint density at radius 1 is 1.10 bits per heavy atom. The average molecular weight is 283 g/mol. The minimum Gasteiger partial charge on any atom is -0.481 e.